The van der Waals surface area contributed by atoms with Crippen molar-refractivity contribution in [2.45, 2.75) is 26.9 Å². The zero-order valence-corrected chi connectivity index (χ0v) is 11.7. The summed E-state index contributed by atoms with van der Waals surface area (Å²) in [7, 11) is 0. The molecule has 0 radical (unpaired) electrons. The van der Waals surface area contributed by atoms with Crippen molar-refractivity contribution in [1.82, 2.24) is 0 Å². The number of nitrogens with zero attached hydrogens (tertiary/aromatic N) is 1. The van der Waals surface area contributed by atoms with E-state index in [1.165, 1.54) is 0 Å². The van der Waals surface area contributed by atoms with Gasteiger partial charge in [-0.15, -0.1) is 0 Å². The van der Waals surface area contributed by atoms with Crippen LogP contribution < -0.4 is 10.5 Å². The van der Waals surface area contributed by atoms with Gasteiger partial charge in [0.1, 0.15) is 5.75 Å². The van der Waals surface area contributed by atoms with E-state index in [0.717, 1.165) is 4.47 Å². The van der Waals surface area contributed by atoms with Crippen molar-refractivity contribution in [3.8, 4) is 5.75 Å². The highest BCUT2D eigenvalue weighted by atomic mass is 79.9. The van der Waals surface area contributed by atoms with Gasteiger partial charge in [0.2, 0.25) is 0 Å². The van der Waals surface area contributed by atoms with Gasteiger partial charge < -0.3 is 15.7 Å². The van der Waals surface area contributed by atoms with Crippen molar-refractivity contribution in [3.63, 3.8) is 0 Å². The maximum Gasteiger partial charge on any atom is 0.173 e. The molecule has 0 bridgehead atoms. The molecule has 1 unspecified atom stereocenters. The molecule has 94 valence electrons. The molecule has 0 saturated heterocycles. The molecular formula is C12H17BrN2O2. The maximum absolute atomic E-state index is 8.74. The molecule has 0 amide bonds. The average Bonchev–Trinajstić information content (AvgIpc) is 2.30. The molecule has 0 heterocycles. The monoisotopic (exact) mass is 300 g/mol. The highest BCUT2D eigenvalue weighted by molar-refractivity contribution is 9.10. The van der Waals surface area contributed by atoms with Crippen LogP contribution in [0.1, 0.15) is 26.3 Å². The fraction of sp³-hybridized carbons (Fsp3) is 0.417. The van der Waals surface area contributed by atoms with Crippen molar-refractivity contribution >= 4 is 21.8 Å². The lowest BCUT2D eigenvalue weighted by molar-refractivity contribution is 0.170. The minimum absolute atomic E-state index is 0.0391. The molecule has 4 nitrogen and oxygen atoms in total. The first-order valence-electron chi connectivity index (χ1n) is 5.39. The van der Waals surface area contributed by atoms with Gasteiger partial charge in [0, 0.05) is 4.47 Å². The summed E-state index contributed by atoms with van der Waals surface area (Å²) in [6.07, 6.45) is 0.0569. The summed E-state index contributed by atoms with van der Waals surface area (Å²) in [4.78, 5) is 0. The van der Waals surface area contributed by atoms with E-state index in [-0.39, 0.29) is 11.9 Å². The molecule has 1 atom stereocenters. The highest BCUT2D eigenvalue weighted by Gasteiger charge is 2.14. The molecule has 0 aliphatic carbocycles. The van der Waals surface area contributed by atoms with Gasteiger partial charge in [-0.1, -0.05) is 34.9 Å². The average molecular weight is 301 g/mol. The Bertz CT molecular complexity index is 419. The van der Waals surface area contributed by atoms with E-state index in [1.54, 1.807) is 12.1 Å². The van der Waals surface area contributed by atoms with Crippen LogP contribution in [0.3, 0.4) is 0 Å². The van der Waals surface area contributed by atoms with Crippen molar-refractivity contribution in [3.05, 3.63) is 28.2 Å². The van der Waals surface area contributed by atoms with Gasteiger partial charge >= 0.3 is 0 Å². The molecule has 17 heavy (non-hydrogen) atoms. The zero-order valence-electron chi connectivity index (χ0n) is 10.1. The Morgan fingerprint density at radius 1 is 1.41 bits per heavy atom. The number of hydrogen-bond acceptors (Lipinski definition) is 3. The predicted octanol–water partition coefficient (Wildman–Crippen LogP) is 2.97. The summed E-state index contributed by atoms with van der Waals surface area (Å²) in [5.74, 6) is 1.04. The first-order valence-corrected chi connectivity index (χ1v) is 6.19. The minimum atomic E-state index is 0.0391. The van der Waals surface area contributed by atoms with Gasteiger partial charge in [0.15, 0.2) is 5.84 Å². The Morgan fingerprint density at radius 2 is 2.06 bits per heavy atom. The number of amidine groups is 1. The van der Waals surface area contributed by atoms with Gasteiger partial charge in [-0.2, -0.15) is 0 Å². The fourth-order valence-electron chi connectivity index (χ4n) is 1.20. The van der Waals surface area contributed by atoms with E-state index in [1.807, 2.05) is 13.0 Å². The molecule has 0 fully saturated rings. The van der Waals surface area contributed by atoms with E-state index in [4.69, 9.17) is 15.7 Å². The van der Waals surface area contributed by atoms with E-state index in [0.29, 0.717) is 17.2 Å². The predicted molar refractivity (Wildman–Crippen MR) is 71.6 cm³/mol. The van der Waals surface area contributed by atoms with E-state index in [9.17, 15) is 0 Å². The Labute approximate surface area is 110 Å². The van der Waals surface area contributed by atoms with Gasteiger partial charge in [0.05, 0.1) is 11.7 Å². The van der Waals surface area contributed by atoms with Gasteiger partial charge in [-0.3, -0.25) is 0 Å². The van der Waals surface area contributed by atoms with Crippen LogP contribution in [0.2, 0.25) is 0 Å². The lowest BCUT2D eigenvalue weighted by Crippen LogP contribution is -2.22. The molecule has 3 N–H and O–H groups in total. The zero-order chi connectivity index (χ0) is 13.0. The van der Waals surface area contributed by atoms with Crippen LogP contribution in [-0.2, 0) is 0 Å². The second-order valence-electron chi connectivity index (χ2n) is 4.19. The Kier molecular flexibility index (Phi) is 4.81. The van der Waals surface area contributed by atoms with Crippen molar-refractivity contribution in [1.29, 1.82) is 0 Å². The minimum Gasteiger partial charge on any atom is -0.490 e. The number of rotatable bonds is 4. The van der Waals surface area contributed by atoms with Gasteiger partial charge in [-0.05, 0) is 31.0 Å². The number of benzene rings is 1. The number of halogens is 1. The SMILES string of the molecule is CC(C)C(C)Oc1ccc(Br)cc1/C(N)=N/O. The number of oxime groups is 1. The summed E-state index contributed by atoms with van der Waals surface area (Å²) in [6, 6.07) is 5.42. The van der Waals surface area contributed by atoms with Crippen LogP contribution >= 0.6 is 15.9 Å². The highest BCUT2D eigenvalue weighted by Crippen LogP contribution is 2.25. The van der Waals surface area contributed by atoms with Crippen LogP contribution in [0.5, 0.6) is 5.75 Å². The molecular weight excluding hydrogens is 284 g/mol. The van der Waals surface area contributed by atoms with Crippen LogP contribution in [0, 0.1) is 5.92 Å². The molecule has 1 aromatic rings. The second-order valence-corrected chi connectivity index (χ2v) is 5.11. The third-order valence-corrected chi connectivity index (χ3v) is 3.07. The Hall–Kier alpha value is -1.23. The van der Waals surface area contributed by atoms with Crippen molar-refractivity contribution < 1.29 is 9.94 Å². The third kappa shape index (κ3) is 3.63. The lowest BCUT2D eigenvalue weighted by atomic mass is 10.1. The van der Waals surface area contributed by atoms with E-state index in [2.05, 4.69) is 34.9 Å². The smallest absolute Gasteiger partial charge is 0.173 e. The topological polar surface area (TPSA) is 67.8 Å². The molecule has 0 aromatic heterocycles. The van der Waals surface area contributed by atoms with Crippen molar-refractivity contribution in [2.24, 2.45) is 16.8 Å². The summed E-state index contributed by atoms with van der Waals surface area (Å²) < 4.78 is 6.64. The maximum atomic E-state index is 8.74. The third-order valence-electron chi connectivity index (χ3n) is 2.58. The largest absolute Gasteiger partial charge is 0.490 e. The van der Waals surface area contributed by atoms with Crippen LogP contribution in [-0.4, -0.2) is 17.1 Å². The fourth-order valence-corrected chi connectivity index (χ4v) is 1.56. The van der Waals surface area contributed by atoms with E-state index < -0.39 is 0 Å². The molecule has 1 rings (SSSR count). The normalized spacial score (nSPS) is 13.8. The van der Waals surface area contributed by atoms with Gasteiger partial charge in [0.25, 0.3) is 0 Å². The standard InChI is InChI=1S/C12H17BrN2O2/c1-7(2)8(3)17-11-5-4-9(13)6-10(11)12(14)15-16/h4-8,16H,1-3H3,(H2,14,15). The number of ether oxygens (including phenoxy) is 1. The summed E-state index contributed by atoms with van der Waals surface area (Å²) in [5, 5.41) is 11.7. The van der Waals surface area contributed by atoms with Crippen LogP contribution in [0.4, 0.5) is 0 Å². The first kappa shape index (κ1) is 13.8. The second kappa shape index (κ2) is 5.91. The summed E-state index contributed by atoms with van der Waals surface area (Å²) in [5.41, 5.74) is 6.19. The summed E-state index contributed by atoms with van der Waals surface area (Å²) >= 11 is 3.34. The number of nitrogens with two attached hydrogens (primary N) is 1. The Balaban J connectivity index is 3.07. The van der Waals surface area contributed by atoms with Crippen molar-refractivity contribution in [2.75, 3.05) is 0 Å². The number of hydrogen-bond donors (Lipinski definition) is 2. The first-order chi connectivity index (χ1) is 7.95. The molecule has 0 saturated carbocycles. The molecule has 0 aliphatic rings. The van der Waals surface area contributed by atoms with Crippen LogP contribution in [0.25, 0.3) is 0 Å². The quantitative estimate of drug-likeness (QED) is 0.389. The Morgan fingerprint density at radius 3 is 2.59 bits per heavy atom. The summed E-state index contributed by atoms with van der Waals surface area (Å²) in [6.45, 7) is 6.14. The van der Waals surface area contributed by atoms with Crippen LogP contribution in [0.15, 0.2) is 27.8 Å². The molecule has 1 aromatic carbocycles. The van der Waals surface area contributed by atoms with E-state index >= 15 is 0 Å². The van der Waals surface area contributed by atoms with Gasteiger partial charge in [-0.25, -0.2) is 0 Å². The molecule has 0 spiro atoms. The molecule has 0 aliphatic heterocycles. The lowest BCUT2D eigenvalue weighted by Gasteiger charge is -2.20. The molecule has 5 heteroatoms.